The van der Waals surface area contributed by atoms with E-state index in [0.717, 1.165) is 10.0 Å². The fourth-order valence-corrected chi connectivity index (χ4v) is 4.56. The maximum Gasteiger partial charge on any atom is 0.330 e. The van der Waals surface area contributed by atoms with Crippen molar-refractivity contribution in [1.29, 1.82) is 0 Å². The van der Waals surface area contributed by atoms with Gasteiger partial charge in [0.25, 0.3) is 5.56 Å². The van der Waals surface area contributed by atoms with Crippen LogP contribution >= 0.6 is 15.9 Å². The van der Waals surface area contributed by atoms with E-state index in [1.807, 2.05) is 31.2 Å². The van der Waals surface area contributed by atoms with Crippen LogP contribution in [0.4, 0.5) is 0 Å². The van der Waals surface area contributed by atoms with Crippen LogP contribution in [0.1, 0.15) is 24.8 Å². The molecular weight excluding hydrogens is 424 g/mol. The van der Waals surface area contributed by atoms with Gasteiger partial charge in [0.15, 0.2) is 9.84 Å². The van der Waals surface area contributed by atoms with E-state index in [4.69, 9.17) is 4.74 Å². The number of aromatic nitrogens is 2. The number of aromatic amines is 1. The lowest BCUT2D eigenvalue weighted by molar-refractivity contribution is 0.0745. The van der Waals surface area contributed by atoms with Crippen LogP contribution < -0.4 is 11.2 Å². The number of hydrogen-bond acceptors (Lipinski definition) is 5. The third-order valence-corrected chi connectivity index (χ3v) is 6.20. The maximum atomic E-state index is 12.3. The highest BCUT2D eigenvalue weighted by atomic mass is 79.9. The molecule has 2 aromatic rings. The van der Waals surface area contributed by atoms with Crippen molar-refractivity contribution in [2.24, 2.45) is 0 Å². The lowest BCUT2D eigenvalue weighted by Gasteiger charge is -2.13. The van der Waals surface area contributed by atoms with Crippen molar-refractivity contribution >= 4 is 25.8 Å². The summed E-state index contributed by atoms with van der Waals surface area (Å²) in [5.74, 6) is -0.00698. The number of hydrogen-bond donors (Lipinski definition) is 1. The molecule has 0 saturated heterocycles. The van der Waals surface area contributed by atoms with Gasteiger partial charge in [0.1, 0.15) is 6.73 Å². The SMILES string of the molecule is C[C@@H](CS(=O)(=O)CCCOCn1ccc(=O)[nH]c1=O)c1cccc(Br)c1. The van der Waals surface area contributed by atoms with E-state index in [-0.39, 0.29) is 30.8 Å². The molecule has 0 bridgehead atoms. The third kappa shape index (κ3) is 6.54. The highest BCUT2D eigenvalue weighted by Crippen LogP contribution is 2.21. The average molecular weight is 445 g/mol. The van der Waals surface area contributed by atoms with Gasteiger partial charge in [0.05, 0.1) is 11.5 Å². The summed E-state index contributed by atoms with van der Waals surface area (Å²) in [5.41, 5.74) is -0.0680. The van der Waals surface area contributed by atoms with Gasteiger partial charge in [0, 0.05) is 23.3 Å². The van der Waals surface area contributed by atoms with Crippen molar-refractivity contribution in [2.75, 3.05) is 18.1 Å². The number of H-pyrrole nitrogens is 1. The summed E-state index contributed by atoms with van der Waals surface area (Å²) in [7, 11) is -3.21. The smallest absolute Gasteiger partial charge is 0.330 e. The number of nitrogens with one attached hydrogen (secondary N) is 1. The molecule has 0 aliphatic rings. The van der Waals surface area contributed by atoms with E-state index in [0.29, 0.717) is 6.42 Å². The van der Waals surface area contributed by atoms with Gasteiger partial charge in [-0.2, -0.15) is 0 Å². The van der Waals surface area contributed by atoms with Crippen LogP contribution in [0.25, 0.3) is 0 Å². The molecule has 0 amide bonds. The second-order valence-corrected chi connectivity index (χ2v) is 9.19. The van der Waals surface area contributed by atoms with Crippen LogP contribution in [0.3, 0.4) is 0 Å². The monoisotopic (exact) mass is 444 g/mol. The molecule has 0 radical (unpaired) electrons. The van der Waals surface area contributed by atoms with Crippen LogP contribution in [0, 0.1) is 0 Å². The molecule has 1 N–H and O–H groups in total. The average Bonchev–Trinajstić information content (AvgIpc) is 2.56. The van der Waals surface area contributed by atoms with E-state index in [1.165, 1.54) is 16.8 Å². The summed E-state index contributed by atoms with van der Waals surface area (Å²) in [4.78, 5) is 24.5. The Balaban J connectivity index is 1.77. The first-order valence-electron chi connectivity index (χ1n) is 8.10. The summed E-state index contributed by atoms with van der Waals surface area (Å²) in [5, 5.41) is 0. The van der Waals surface area contributed by atoms with Gasteiger partial charge >= 0.3 is 5.69 Å². The van der Waals surface area contributed by atoms with Gasteiger partial charge in [-0.3, -0.25) is 14.3 Å². The van der Waals surface area contributed by atoms with E-state index < -0.39 is 21.1 Å². The molecule has 1 atom stereocenters. The Morgan fingerprint density at radius 1 is 1.27 bits per heavy atom. The molecule has 2 rings (SSSR count). The Kier molecular flexibility index (Phi) is 7.36. The number of halogens is 1. The van der Waals surface area contributed by atoms with Crippen molar-refractivity contribution in [3.05, 3.63) is 67.4 Å². The number of rotatable bonds is 9. The Morgan fingerprint density at radius 2 is 2.04 bits per heavy atom. The highest BCUT2D eigenvalue weighted by Gasteiger charge is 2.17. The van der Waals surface area contributed by atoms with Gasteiger partial charge in [-0.15, -0.1) is 0 Å². The minimum Gasteiger partial charge on any atom is -0.361 e. The van der Waals surface area contributed by atoms with Crippen molar-refractivity contribution in [2.45, 2.75) is 26.0 Å². The van der Waals surface area contributed by atoms with E-state index >= 15 is 0 Å². The zero-order valence-electron chi connectivity index (χ0n) is 14.4. The minimum atomic E-state index is -3.21. The Bertz CT molecular complexity index is 952. The lowest BCUT2D eigenvalue weighted by atomic mass is 10.0. The normalized spacial score (nSPS) is 12.8. The van der Waals surface area contributed by atoms with E-state index in [1.54, 1.807) is 0 Å². The molecular formula is C17H21BrN2O5S. The second-order valence-electron chi connectivity index (χ2n) is 6.04. The summed E-state index contributed by atoms with van der Waals surface area (Å²) in [6, 6.07) is 8.84. The summed E-state index contributed by atoms with van der Waals surface area (Å²) in [6.45, 7) is 2.05. The summed E-state index contributed by atoms with van der Waals surface area (Å²) < 4.78 is 32.0. The van der Waals surface area contributed by atoms with Gasteiger partial charge in [-0.1, -0.05) is 35.0 Å². The Hall–Kier alpha value is -1.71. The first-order valence-corrected chi connectivity index (χ1v) is 10.7. The van der Waals surface area contributed by atoms with Gasteiger partial charge in [0.2, 0.25) is 0 Å². The number of sulfone groups is 1. The third-order valence-electron chi connectivity index (χ3n) is 3.79. The standard InChI is InChI=1S/C17H21BrN2O5S/c1-13(14-4-2-5-15(18)10-14)11-26(23,24)9-3-8-25-12-20-7-6-16(21)19-17(20)22/h2,4-7,10,13H,3,8-9,11-12H2,1H3,(H,19,21,22)/t13-/m0/s1. The van der Waals surface area contributed by atoms with Crippen molar-refractivity contribution in [3.8, 4) is 0 Å². The van der Waals surface area contributed by atoms with Crippen molar-refractivity contribution < 1.29 is 13.2 Å². The molecule has 0 spiro atoms. The number of benzene rings is 1. The second kappa shape index (κ2) is 9.29. The van der Waals surface area contributed by atoms with E-state index in [9.17, 15) is 18.0 Å². The fourth-order valence-electron chi connectivity index (χ4n) is 2.46. The van der Waals surface area contributed by atoms with Crippen LogP contribution in [-0.4, -0.2) is 36.1 Å². The lowest BCUT2D eigenvalue weighted by Crippen LogP contribution is -2.29. The first-order chi connectivity index (χ1) is 12.3. The molecule has 0 unspecified atom stereocenters. The predicted octanol–water partition coefficient (Wildman–Crippen LogP) is 1.88. The highest BCUT2D eigenvalue weighted by molar-refractivity contribution is 9.10. The number of nitrogens with zero attached hydrogens (tertiary/aromatic N) is 1. The molecule has 0 fully saturated rings. The summed E-state index contributed by atoms with van der Waals surface area (Å²) >= 11 is 3.39. The zero-order valence-corrected chi connectivity index (χ0v) is 16.8. The Labute approximate surface area is 160 Å². The van der Waals surface area contributed by atoms with Crippen LogP contribution in [0.15, 0.2) is 50.6 Å². The molecule has 0 aliphatic heterocycles. The summed E-state index contributed by atoms with van der Waals surface area (Å²) in [6.07, 6.45) is 1.67. The number of ether oxygens (including phenoxy) is 1. The molecule has 1 aromatic carbocycles. The molecule has 142 valence electrons. The molecule has 7 nitrogen and oxygen atoms in total. The van der Waals surface area contributed by atoms with Gasteiger partial charge in [-0.05, 0) is 30.0 Å². The first kappa shape index (κ1) is 20.6. The van der Waals surface area contributed by atoms with Gasteiger partial charge in [-0.25, -0.2) is 13.2 Å². The fraction of sp³-hybridized carbons (Fsp3) is 0.412. The molecule has 0 saturated carbocycles. The van der Waals surface area contributed by atoms with Crippen molar-refractivity contribution in [1.82, 2.24) is 9.55 Å². The maximum absolute atomic E-state index is 12.3. The molecule has 26 heavy (non-hydrogen) atoms. The minimum absolute atomic E-state index is 0.0197. The van der Waals surface area contributed by atoms with Crippen molar-refractivity contribution in [3.63, 3.8) is 0 Å². The zero-order chi connectivity index (χ0) is 19.2. The molecule has 0 aliphatic carbocycles. The van der Waals surface area contributed by atoms with Gasteiger partial charge < -0.3 is 4.74 Å². The van der Waals surface area contributed by atoms with Crippen LogP contribution in [0.5, 0.6) is 0 Å². The largest absolute Gasteiger partial charge is 0.361 e. The molecule has 9 heteroatoms. The molecule has 1 aromatic heterocycles. The van der Waals surface area contributed by atoms with Crippen LogP contribution in [-0.2, 0) is 21.3 Å². The molecule has 1 heterocycles. The Morgan fingerprint density at radius 3 is 2.73 bits per heavy atom. The van der Waals surface area contributed by atoms with Crippen LogP contribution in [0.2, 0.25) is 0 Å². The quantitative estimate of drug-likeness (QED) is 0.595. The predicted molar refractivity (Wildman–Crippen MR) is 103 cm³/mol. The van der Waals surface area contributed by atoms with E-state index in [2.05, 4.69) is 20.9 Å². The topological polar surface area (TPSA) is 98.2 Å².